The van der Waals surface area contributed by atoms with Crippen molar-refractivity contribution >= 4 is 5.78 Å². The fraction of sp³-hybridized carbons (Fsp3) is 0.381. The number of benzene rings is 2. The summed E-state index contributed by atoms with van der Waals surface area (Å²) >= 11 is 0. The predicted molar refractivity (Wildman–Crippen MR) is 99.2 cm³/mol. The lowest BCUT2D eigenvalue weighted by atomic mass is 9.62. The van der Waals surface area contributed by atoms with Crippen LogP contribution in [0.25, 0.3) is 0 Å². The molecule has 3 unspecified atom stereocenters. The van der Waals surface area contributed by atoms with Crippen molar-refractivity contribution in [2.45, 2.75) is 25.0 Å². The van der Waals surface area contributed by atoms with Gasteiger partial charge in [-0.2, -0.15) is 0 Å². The number of hydrogen-bond donors (Lipinski definition) is 2. The van der Waals surface area contributed by atoms with Crippen molar-refractivity contribution in [3.8, 4) is 23.0 Å². The Bertz CT molecular complexity index is 965. The number of ether oxygens (including phenoxy) is 4. The van der Waals surface area contributed by atoms with Crippen molar-refractivity contribution in [3.63, 3.8) is 0 Å². The molecule has 0 amide bonds. The topological polar surface area (TPSA) is 94.5 Å². The van der Waals surface area contributed by atoms with E-state index < -0.39 is 22.9 Å². The Labute approximate surface area is 162 Å². The van der Waals surface area contributed by atoms with Crippen molar-refractivity contribution in [1.82, 2.24) is 0 Å². The molecule has 0 spiro atoms. The number of carbonyl (C=O) groups excluding carboxylic acids is 1. The lowest BCUT2D eigenvalue weighted by molar-refractivity contribution is -0.0819. The average molecular weight is 386 g/mol. The van der Waals surface area contributed by atoms with Gasteiger partial charge in [0.2, 0.25) is 6.79 Å². The van der Waals surface area contributed by atoms with E-state index in [2.05, 4.69) is 0 Å². The number of ketones is 1. The van der Waals surface area contributed by atoms with Crippen molar-refractivity contribution in [1.29, 1.82) is 0 Å². The van der Waals surface area contributed by atoms with Gasteiger partial charge in [0.15, 0.2) is 28.8 Å². The van der Waals surface area contributed by atoms with E-state index in [0.717, 1.165) is 0 Å². The zero-order valence-electron chi connectivity index (χ0n) is 16.1. The summed E-state index contributed by atoms with van der Waals surface area (Å²) in [6.07, 6.45) is 0. The van der Waals surface area contributed by atoms with Crippen molar-refractivity contribution in [2.75, 3.05) is 21.0 Å². The summed E-state index contributed by atoms with van der Waals surface area (Å²) in [5.41, 5.74) is -2.47. The van der Waals surface area contributed by atoms with Crippen LogP contribution in [0.2, 0.25) is 0 Å². The lowest BCUT2D eigenvalue weighted by Crippen LogP contribution is -2.56. The van der Waals surface area contributed by atoms with Gasteiger partial charge in [-0.25, -0.2) is 0 Å². The summed E-state index contributed by atoms with van der Waals surface area (Å²) in [4.78, 5) is 13.0. The van der Waals surface area contributed by atoms with Gasteiger partial charge in [-0.05, 0) is 36.8 Å². The predicted octanol–water partition coefficient (Wildman–Crippen LogP) is 2.25. The molecule has 2 aliphatic rings. The third-order valence-corrected chi connectivity index (χ3v) is 5.92. The van der Waals surface area contributed by atoms with E-state index in [9.17, 15) is 15.0 Å². The van der Waals surface area contributed by atoms with Crippen molar-refractivity contribution < 1.29 is 34.0 Å². The molecule has 148 valence electrons. The highest BCUT2D eigenvalue weighted by Crippen LogP contribution is 2.52. The van der Waals surface area contributed by atoms with E-state index >= 15 is 0 Å². The number of carbonyl (C=O) groups is 1. The molecule has 3 atom stereocenters. The minimum absolute atomic E-state index is 0.102. The Morgan fingerprint density at radius 1 is 1.04 bits per heavy atom. The zero-order valence-corrected chi connectivity index (χ0v) is 16.1. The SMILES string of the molecule is COc1cc2c(cc1OC)C(O)(c1ccc3c(c1)OCO3)C(C)C(C)(O)C2=O. The van der Waals surface area contributed by atoms with Gasteiger partial charge in [-0.15, -0.1) is 0 Å². The summed E-state index contributed by atoms with van der Waals surface area (Å²) < 4.78 is 21.5. The quantitative estimate of drug-likeness (QED) is 0.835. The highest BCUT2D eigenvalue weighted by Gasteiger charge is 2.56. The van der Waals surface area contributed by atoms with Crippen LogP contribution >= 0.6 is 0 Å². The fourth-order valence-corrected chi connectivity index (χ4v) is 4.03. The maximum absolute atomic E-state index is 13.0. The first-order chi connectivity index (χ1) is 13.2. The third-order valence-electron chi connectivity index (χ3n) is 5.92. The van der Waals surface area contributed by atoms with Crippen LogP contribution in [0.4, 0.5) is 0 Å². The molecule has 0 bridgehead atoms. The van der Waals surface area contributed by atoms with Gasteiger partial charge < -0.3 is 29.2 Å². The summed E-state index contributed by atoms with van der Waals surface area (Å²) in [6.45, 7) is 3.16. The number of fused-ring (bicyclic) bond motifs is 2. The summed E-state index contributed by atoms with van der Waals surface area (Å²) in [5.74, 6) is 0.456. The van der Waals surface area contributed by atoms with Crippen molar-refractivity contribution in [3.05, 3.63) is 47.0 Å². The van der Waals surface area contributed by atoms with E-state index in [1.807, 2.05) is 0 Å². The smallest absolute Gasteiger partial charge is 0.231 e. The average Bonchev–Trinajstić information content (AvgIpc) is 3.17. The van der Waals surface area contributed by atoms with Gasteiger partial charge in [0, 0.05) is 17.0 Å². The maximum atomic E-state index is 13.0. The van der Waals surface area contributed by atoms with E-state index in [-0.39, 0.29) is 12.4 Å². The number of hydrogen-bond acceptors (Lipinski definition) is 7. The van der Waals surface area contributed by atoms with E-state index in [0.29, 0.717) is 34.1 Å². The van der Waals surface area contributed by atoms with Crippen molar-refractivity contribution in [2.24, 2.45) is 5.92 Å². The normalized spacial score (nSPS) is 28.1. The molecule has 4 rings (SSSR count). The Hall–Kier alpha value is -2.77. The number of aliphatic hydroxyl groups is 2. The number of rotatable bonds is 3. The molecular weight excluding hydrogens is 364 g/mol. The van der Waals surface area contributed by atoms with Gasteiger partial charge in [0.05, 0.1) is 14.2 Å². The Morgan fingerprint density at radius 3 is 2.36 bits per heavy atom. The van der Waals surface area contributed by atoms with E-state index in [4.69, 9.17) is 18.9 Å². The summed E-state index contributed by atoms with van der Waals surface area (Å²) in [6, 6.07) is 8.16. The van der Waals surface area contributed by atoms with Crippen LogP contribution in [0.3, 0.4) is 0 Å². The van der Waals surface area contributed by atoms with E-state index in [1.54, 1.807) is 31.2 Å². The second-order valence-electron chi connectivity index (χ2n) is 7.29. The van der Waals surface area contributed by atoms with Crippen LogP contribution < -0.4 is 18.9 Å². The van der Waals surface area contributed by atoms with Crippen LogP contribution in [0.1, 0.15) is 35.3 Å². The zero-order chi connectivity index (χ0) is 20.3. The first kappa shape index (κ1) is 18.6. The molecular formula is C21H22O7. The van der Waals surface area contributed by atoms with Crippen LogP contribution in [0.5, 0.6) is 23.0 Å². The first-order valence-electron chi connectivity index (χ1n) is 8.91. The summed E-state index contributed by atoms with van der Waals surface area (Å²) in [7, 11) is 2.94. The Balaban J connectivity index is 2.01. The van der Waals surface area contributed by atoms with Gasteiger partial charge >= 0.3 is 0 Å². The molecule has 0 aromatic heterocycles. The first-order valence-corrected chi connectivity index (χ1v) is 8.91. The largest absolute Gasteiger partial charge is 0.493 e. The standard InChI is InChI=1S/C21H22O7/c1-11-20(2,23)19(22)13-8-16(25-3)17(26-4)9-14(13)21(11,24)12-5-6-15-18(7-12)28-10-27-15/h5-9,11,23-24H,10H2,1-4H3. The fourth-order valence-electron chi connectivity index (χ4n) is 4.03. The molecule has 2 aromatic rings. The Kier molecular flexibility index (Phi) is 4.06. The molecule has 7 nitrogen and oxygen atoms in total. The minimum atomic E-state index is -1.79. The summed E-state index contributed by atoms with van der Waals surface area (Å²) in [5, 5.41) is 22.9. The van der Waals surface area contributed by atoms with Gasteiger partial charge in [-0.1, -0.05) is 13.0 Å². The van der Waals surface area contributed by atoms with Gasteiger partial charge in [-0.3, -0.25) is 4.79 Å². The monoisotopic (exact) mass is 386 g/mol. The molecule has 1 aliphatic carbocycles. The molecule has 28 heavy (non-hydrogen) atoms. The van der Waals surface area contributed by atoms with Gasteiger partial charge in [0.1, 0.15) is 11.2 Å². The second-order valence-corrected chi connectivity index (χ2v) is 7.29. The molecule has 0 fully saturated rings. The maximum Gasteiger partial charge on any atom is 0.231 e. The van der Waals surface area contributed by atoms with Crippen LogP contribution in [0.15, 0.2) is 30.3 Å². The lowest BCUT2D eigenvalue weighted by Gasteiger charge is -2.47. The molecule has 1 aliphatic heterocycles. The van der Waals surface area contributed by atoms with Crippen LogP contribution in [-0.4, -0.2) is 42.6 Å². The number of methoxy groups -OCH3 is 2. The number of Topliss-reactive ketones (excluding diaryl/α,β-unsaturated/α-hetero) is 1. The minimum Gasteiger partial charge on any atom is -0.493 e. The molecule has 2 N–H and O–H groups in total. The van der Waals surface area contributed by atoms with Crippen LogP contribution in [0, 0.1) is 5.92 Å². The molecule has 0 saturated carbocycles. The molecule has 7 heteroatoms. The molecule has 1 heterocycles. The third kappa shape index (κ3) is 2.33. The molecule has 2 aromatic carbocycles. The van der Waals surface area contributed by atoms with Crippen LogP contribution in [-0.2, 0) is 5.60 Å². The molecule has 0 saturated heterocycles. The van der Waals surface area contributed by atoms with E-state index in [1.165, 1.54) is 27.2 Å². The highest BCUT2D eigenvalue weighted by molar-refractivity contribution is 6.06. The Morgan fingerprint density at radius 2 is 1.68 bits per heavy atom. The second kappa shape index (κ2) is 6.12. The molecule has 0 radical (unpaired) electrons. The highest BCUT2D eigenvalue weighted by atomic mass is 16.7. The van der Waals surface area contributed by atoms with Gasteiger partial charge in [0.25, 0.3) is 0 Å².